The van der Waals surface area contributed by atoms with Crippen LogP contribution in [0.4, 0.5) is 5.69 Å². The third-order valence-electron chi connectivity index (χ3n) is 4.71. The molecule has 6 nitrogen and oxygen atoms in total. The maximum absolute atomic E-state index is 12.4. The fourth-order valence-electron chi connectivity index (χ4n) is 3.57. The first kappa shape index (κ1) is 15.7. The van der Waals surface area contributed by atoms with Crippen molar-refractivity contribution >= 4 is 22.9 Å². The summed E-state index contributed by atoms with van der Waals surface area (Å²) in [5.74, 6) is -0.0696. The Kier molecular flexibility index (Phi) is 4.55. The molecule has 0 saturated carbocycles. The van der Waals surface area contributed by atoms with Gasteiger partial charge in [-0.2, -0.15) is 0 Å². The lowest BCUT2D eigenvalue weighted by Crippen LogP contribution is -2.46. The summed E-state index contributed by atoms with van der Waals surface area (Å²) in [5.41, 5.74) is 0.713. The monoisotopic (exact) mass is 344 g/mol. The van der Waals surface area contributed by atoms with Gasteiger partial charge in [0.25, 0.3) is 5.91 Å². The number of nitrogens with one attached hydrogen (secondary N) is 1. The van der Waals surface area contributed by atoms with Gasteiger partial charge in [0.15, 0.2) is 0 Å². The van der Waals surface area contributed by atoms with Crippen LogP contribution in [0.5, 0.6) is 0 Å². The van der Waals surface area contributed by atoms with Crippen molar-refractivity contribution < 1.29 is 9.53 Å². The Morgan fingerprint density at radius 1 is 1.38 bits per heavy atom. The molecular weight excluding hydrogens is 324 g/mol. The number of pyridine rings is 1. The molecule has 7 heteroatoms. The van der Waals surface area contributed by atoms with Crippen LogP contribution in [0.2, 0.25) is 0 Å². The van der Waals surface area contributed by atoms with Gasteiger partial charge in [0.1, 0.15) is 11.1 Å². The zero-order chi connectivity index (χ0) is 16.4. The molecule has 2 aromatic heterocycles. The van der Waals surface area contributed by atoms with Crippen molar-refractivity contribution in [2.24, 2.45) is 0 Å². The zero-order valence-corrected chi connectivity index (χ0v) is 14.1. The van der Waals surface area contributed by atoms with Gasteiger partial charge in [-0.05, 0) is 31.4 Å². The molecule has 0 spiro atoms. The average Bonchev–Trinajstić information content (AvgIpc) is 3.26. The topological polar surface area (TPSA) is 67.4 Å². The van der Waals surface area contributed by atoms with Crippen LogP contribution in [-0.2, 0) is 16.1 Å². The van der Waals surface area contributed by atoms with Gasteiger partial charge < -0.3 is 10.1 Å². The highest BCUT2D eigenvalue weighted by Crippen LogP contribution is 2.33. The molecule has 2 fully saturated rings. The van der Waals surface area contributed by atoms with Crippen molar-refractivity contribution in [3.63, 3.8) is 0 Å². The Balaban J connectivity index is 1.34. The number of carbonyl (C=O) groups is 1. The second kappa shape index (κ2) is 6.96. The molecule has 2 aliphatic rings. The molecule has 0 radical (unpaired) electrons. The fraction of sp³-hybridized carbons (Fsp3) is 0.471. The van der Waals surface area contributed by atoms with Gasteiger partial charge in [-0.25, -0.2) is 4.98 Å². The molecule has 24 heavy (non-hydrogen) atoms. The van der Waals surface area contributed by atoms with Gasteiger partial charge in [-0.15, -0.1) is 11.3 Å². The van der Waals surface area contributed by atoms with Crippen LogP contribution < -0.4 is 5.32 Å². The first-order chi connectivity index (χ1) is 11.8. The van der Waals surface area contributed by atoms with Crippen LogP contribution in [0.3, 0.4) is 0 Å². The van der Waals surface area contributed by atoms with E-state index in [0.717, 1.165) is 37.4 Å². The minimum absolute atomic E-state index is 0.0696. The summed E-state index contributed by atoms with van der Waals surface area (Å²) in [5, 5.41) is 6.05. The molecule has 126 valence electrons. The molecule has 0 aromatic carbocycles. The molecule has 3 atom stereocenters. The van der Waals surface area contributed by atoms with Gasteiger partial charge in [0.05, 0.1) is 24.5 Å². The molecule has 1 amide bonds. The van der Waals surface area contributed by atoms with Gasteiger partial charge in [0, 0.05) is 30.4 Å². The van der Waals surface area contributed by atoms with Crippen molar-refractivity contribution in [3.05, 3.63) is 41.1 Å². The van der Waals surface area contributed by atoms with E-state index in [-0.39, 0.29) is 18.1 Å². The number of hydrogen-bond acceptors (Lipinski definition) is 6. The Morgan fingerprint density at radius 3 is 3.12 bits per heavy atom. The van der Waals surface area contributed by atoms with Crippen molar-refractivity contribution in [1.82, 2.24) is 14.9 Å². The van der Waals surface area contributed by atoms with E-state index in [1.165, 1.54) is 0 Å². The minimum Gasteiger partial charge on any atom is -0.363 e. The minimum atomic E-state index is -0.369. The molecule has 1 N–H and O–H groups in total. The second-order valence-corrected chi connectivity index (χ2v) is 7.20. The van der Waals surface area contributed by atoms with Gasteiger partial charge >= 0.3 is 0 Å². The predicted molar refractivity (Wildman–Crippen MR) is 91.7 cm³/mol. The van der Waals surface area contributed by atoms with Crippen molar-refractivity contribution in [2.75, 3.05) is 11.9 Å². The Labute approximate surface area is 144 Å². The van der Waals surface area contributed by atoms with E-state index in [2.05, 4.69) is 20.2 Å². The normalized spacial score (nSPS) is 26.9. The fourth-order valence-corrected chi connectivity index (χ4v) is 4.21. The van der Waals surface area contributed by atoms with Crippen LogP contribution in [0, 0.1) is 0 Å². The molecule has 2 saturated heterocycles. The third kappa shape index (κ3) is 3.33. The molecule has 2 aromatic rings. The highest BCUT2D eigenvalue weighted by molar-refractivity contribution is 7.09. The summed E-state index contributed by atoms with van der Waals surface area (Å²) in [6.45, 7) is 1.89. The summed E-state index contributed by atoms with van der Waals surface area (Å²) >= 11 is 1.69. The maximum Gasteiger partial charge on any atom is 0.253 e. The number of carbonyl (C=O) groups excluding carboxylic acids is 1. The summed E-state index contributed by atoms with van der Waals surface area (Å²) in [6.07, 6.45) is 7.68. The molecule has 0 bridgehead atoms. The second-order valence-electron chi connectivity index (χ2n) is 6.22. The molecular formula is C17H20N4O2S. The average molecular weight is 344 g/mol. The number of amides is 1. The highest BCUT2D eigenvalue weighted by Gasteiger charge is 2.41. The number of thiazole rings is 1. The predicted octanol–water partition coefficient (Wildman–Crippen LogP) is 2.30. The summed E-state index contributed by atoms with van der Waals surface area (Å²) in [7, 11) is 0. The lowest BCUT2D eigenvalue weighted by Gasteiger charge is -2.35. The lowest BCUT2D eigenvalue weighted by molar-refractivity contribution is -0.138. The van der Waals surface area contributed by atoms with Crippen LogP contribution in [-0.4, -0.2) is 45.6 Å². The van der Waals surface area contributed by atoms with E-state index >= 15 is 0 Å². The first-order valence-corrected chi connectivity index (χ1v) is 9.16. The standard InChI is InChI=1S/C17H20N4O2S/c22-17(20-12-2-1-6-18-10-12)15-4-3-13-14(23-15)5-8-21(13)11-16-19-7-9-24-16/h1-2,6-7,9-10,13-15H,3-5,8,11H2,(H,20,22)/t13-,14-,15+/m1/s1. The van der Waals surface area contributed by atoms with Crippen LogP contribution in [0.15, 0.2) is 36.1 Å². The van der Waals surface area contributed by atoms with E-state index in [9.17, 15) is 4.79 Å². The van der Waals surface area contributed by atoms with E-state index in [0.29, 0.717) is 11.7 Å². The number of nitrogens with zero attached hydrogens (tertiary/aromatic N) is 3. The van der Waals surface area contributed by atoms with E-state index in [1.807, 2.05) is 17.6 Å². The van der Waals surface area contributed by atoms with Crippen LogP contribution in [0.25, 0.3) is 0 Å². The quantitative estimate of drug-likeness (QED) is 0.922. The Bertz CT molecular complexity index is 679. The number of aromatic nitrogens is 2. The number of ether oxygens (including phenoxy) is 1. The number of rotatable bonds is 4. The molecule has 2 aliphatic heterocycles. The molecule has 4 rings (SSSR count). The van der Waals surface area contributed by atoms with Crippen molar-refractivity contribution in [2.45, 2.75) is 44.1 Å². The molecule has 4 heterocycles. The summed E-state index contributed by atoms with van der Waals surface area (Å²) in [4.78, 5) is 23.2. The van der Waals surface area contributed by atoms with E-state index in [1.54, 1.807) is 29.8 Å². The van der Waals surface area contributed by atoms with E-state index < -0.39 is 0 Å². The smallest absolute Gasteiger partial charge is 0.253 e. The Morgan fingerprint density at radius 2 is 2.33 bits per heavy atom. The SMILES string of the molecule is O=C(Nc1cccnc1)[C@@H]1CC[C@@H]2[C@@H](CCN2Cc2nccs2)O1. The molecule has 0 aliphatic carbocycles. The number of fused-ring (bicyclic) bond motifs is 1. The number of likely N-dealkylation sites (tertiary alicyclic amines) is 1. The van der Waals surface area contributed by atoms with E-state index in [4.69, 9.17) is 4.74 Å². The number of anilines is 1. The largest absolute Gasteiger partial charge is 0.363 e. The van der Waals surface area contributed by atoms with Gasteiger partial charge in [0.2, 0.25) is 0 Å². The lowest BCUT2D eigenvalue weighted by atomic mass is 9.98. The maximum atomic E-state index is 12.4. The first-order valence-electron chi connectivity index (χ1n) is 8.28. The van der Waals surface area contributed by atoms with Gasteiger partial charge in [-0.3, -0.25) is 14.7 Å². The molecule has 0 unspecified atom stereocenters. The summed E-state index contributed by atoms with van der Waals surface area (Å²) < 4.78 is 6.10. The Hall–Kier alpha value is -1.83. The zero-order valence-electron chi connectivity index (χ0n) is 13.3. The van der Waals surface area contributed by atoms with Crippen LogP contribution in [0.1, 0.15) is 24.3 Å². The highest BCUT2D eigenvalue weighted by atomic mass is 32.1. The summed E-state index contributed by atoms with van der Waals surface area (Å²) in [6, 6.07) is 4.04. The van der Waals surface area contributed by atoms with Crippen molar-refractivity contribution in [3.8, 4) is 0 Å². The van der Waals surface area contributed by atoms with Crippen LogP contribution >= 0.6 is 11.3 Å². The van der Waals surface area contributed by atoms with Gasteiger partial charge in [-0.1, -0.05) is 0 Å². The third-order valence-corrected chi connectivity index (χ3v) is 5.47. The number of hydrogen-bond donors (Lipinski definition) is 1. The van der Waals surface area contributed by atoms with Crippen molar-refractivity contribution in [1.29, 1.82) is 0 Å².